The lowest BCUT2D eigenvalue weighted by molar-refractivity contribution is -0.114. The van der Waals surface area contributed by atoms with Crippen LogP contribution < -0.4 is 9.91 Å². The SMILES string of the molecule is CC1=NN(c2ccccc2)C(=O)/C1=C/c1ccc(N2CCCCC2)cc1C. The molecule has 0 aromatic heterocycles. The van der Waals surface area contributed by atoms with Gasteiger partial charge in [-0.2, -0.15) is 10.1 Å². The average molecular weight is 359 g/mol. The summed E-state index contributed by atoms with van der Waals surface area (Å²) >= 11 is 0. The highest BCUT2D eigenvalue weighted by atomic mass is 16.2. The lowest BCUT2D eigenvalue weighted by atomic mass is 10.0. The van der Waals surface area contributed by atoms with Gasteiger partial charge in [-0.3, -0.25) is 4.79 Å². The van der Waals surface area contributed by atoms with Crippen molar-refractivity contribution in [3.8, 4) is 0 Å². The molecule has 0 spiro atoms. The van der Waals surface area contributed by atoms with Crippen LogP contribution in [-0.4, -0.2) is 24.7 Å². The van der Waals surface area contributed by atoms with Gasteiger partial charge in [-0.15, -0.1) is 0 Å². The monoisotopic (exact) mass is 359 g/mol. The van der Waals surface area contributed by atoms with Gasteiger partial charge in [-0.1, -0.05) is 24.3 Å². The van der Waals surface area contributed by atoms with Crippen LogP contribution in [0.4, 0.5) is 11.4 Å². The van der Waals surface area contributed by atoms with Gasteiger partial charge in [0.15, 0.2) is 0 Å². The van der Waals surface area contributed by atoms with Gasteiger partial charge in [-0.05, 0) is 74.6 Å². The molecular formula is C23H25N3O. The van der Waals surface area contributed by atoms with Gasteiger partial charge in [-0.25, -0.2) is 0 Å². The summed E-state index contributed by atoms with van der Waals surface area (Å²) in [4.78, 5) is 15.3. The van der Waals surface area contributed by atoms with Crippen LogP contribution in [0.2, 0.25) is 0 Å². The Kier molecular flexibility index (Phi) is 4.80. The van der Waals surface area contributed by atoms with Gasteiger partial charge in [0.2, 0.25) is 0 Å². The first-order valence-corrected chi connectivity index (χ1v) is 9.66. The summed E-state index contributed by atoms with van der Waals surface area (Å²) in [6.07, 6.45) is 5.84. The molecule has 1 amide bonds. The van der Waals surface area contributed by atoms with E-state index in [4.69, 9.17) is 0 Å². The summed E-state index contributed by atoms with van der Waals surface area (Å²) in [6.45, 7) is 6.27. The first-order chi connectivity index (χ1) is 13.1. The van der Waals surface area contributed by atoms with Crippen molar-refractivity contribution >= 4 is 29.1 Å². The number of amides is 1. The highest BCUT2D eigenvalue weighted by Crippen LogP contribution is 2.27. The summed E-state index contributed by atoms with van der Waals surface area (Å²) in [5, 5.41) is 5.95. The third kappa shape index (κ3) is 3.52. The van der Waals surface area contributed by atoms with Crippen molar-refractivity contribution in [2.24, 2.45) is 5.10 Å². The number of hydrogen-bond acceptors (Lipinski definition) is 3. The molecule has 2 heterocycles. The summed E-state index contributed by atoms with van der Waals surface area (Å²) < 4.78 is 0. The third-order valence-electron chi connectivity index (χ3n) is 5.34. The second-order valence-corrected chi connectivity index (χ2v) is 7.28. The molecule has 2 aliphatic heterocycles. The van der Waals surface area contributed by atoms with Crippen LogP contribution in [0.3, 0.4) is 0 Å². The zero-order chi connectivity index (χ0) is 18.8. The van der Waals surface area contributed by atoms with Crippen molar-refractivity contribution in [3.05, 3.63) is 65.2 Å². The van der Waals surface area contributed by atoms with Gasteiger partial charge < -0.3 is 4.90 Å². The molecule has 0 bridgehead atoms. The van der Waals surface area contributed by atoms with Gasteiger partial charge in [0.05, 0.1) is 17.0 Å². The van der Waals surface area contributed by atoms with Crippen molar-refractivity contribution in [1.82, 2.24) is 0 Å². The molecule has 27 heavy (non-hydrogen) atoms. The van der Waals surface area contributed by atoms with Crippen LogP contribution in [0.5, 0.6) is 0 Å². The van der Waals surface area contributed by atoms with E-state index >= 15 is 0 Å². The van der Waals surface area contributed by atoms with Gasteiger partial charge >= 0.3 is 0 Å². The van der Waals surface area contributed by atoms with E-state index in [-0.39, 0.29) is 5.91 Å². The zero-order valence-corrected chi connectivity index (χ0v) is 16.0. The van der Waals surface area contributed by atoms with Crippen molar-refractivity contribution in [3.63, 3.8) is 0 Å². The predicted molar refractivity (Wildman–Crippen MR) is 112 cm³/mol. The molecule has 0 atom stereocenters. The highest BCUT2D eigenvalue weighted by Gasteiger charge is 2.28. The number of aryl methyl sites for hydroxylation is 1. The maximum Gasteiger partial charge on any atom is 0.280 e. The van der Waals surface area contributed by atoms with Crippen LogP contribution in [-0.2, 0) is 4.79 Å². The predicted octanol–water partition coefficient (Wildman–Crippen LogP) is 4.79. The number of piperidine rings is 1. The average Bonchev–Trinajstić information content (AvgIpc) is 2.99. The third-order valence-corrected chi connectivity index (χ3v) is 5.34. The van der Waals surface area contributed by atoms with Crippen molar-refractivity contribution in [2.75, 3.05) is 23.0 Å². The van der Waals surface area contributed by atoms with Crippen LogP contribution >= 0.6 is 0 Å². The first-order valence-electron chi connectivity index (χ1n) is 9.66. The Bertz CT molecular complexity index is 908. The summed E-state index contributed by atoms with van der Waals surface area (Å²) in [5.41, 5.74) is 5.75. The summed E-state index contributed by atoms with van der Waals surface area (Å²) in [5.74, 6) is -0.0711. The van der Waals surface area contributed by atoms with E-state index in [9.17, 15) is 4.79 Å². The largest absolute Gasteiger partial charge is 0.372 e. The molecule has 4 rings (SSSR count). The van der Waals surface area contributed by atoms with E-state index in [0.717, 1.165) is 30.1 Å². The van der Waals surface area contributed by atoms with Crippen LogP contribution in [0.25, 0.3) is 6.08 Å². The fraction of sp³-hybridized carbons (Fsp3) is 0.304. The maximum atomic E-state index is 12.9. The minimum Gasteiger partial charge on any atom is -0.372 e. The number of hydrogen-bond donors (Lipinski definition) is 0. The fourth-order valence-electron chi connectivity index (χ4n) is 3.75. The normalized spacial score (nSPS) is 19.0. The van der Waals surface area contributed by atoms with E-state index in [1.807, 2.05) is 43.3 Å². The van der Waals surface area contributed by atoms with Crippen LogP contribution in [0.15, 0.2) is 59.2 Å². The lowest BCUT2D eigenvalue weighted by Crippen LogP contribution is -2.29. The van der Waals surface area contributed by atoms with Crippen molar-refractivity contribution in [2.45, 2.75) is 33.1 Å². The molecule has 2 aromatic carbocycles. The second kappa shape index (κ2) is 7.39. The summed E-state index contributed by atoms with van der Waals surface area (Å²) in [6, 6.07) is 16.1. The molecule has 138 valence electrons. The molecule has 2 aromatic rings. The quantitative estimate of drug-likeness (QED) is 0.739. The molecule has 1 fully saturated rings. The van der Waals surface area contributed by atoms with Gasteiger partial charge in [0.25, 0.3) is 5.91 Å². The fourth-order valence-corrected chi connectivity index (χ4v) is 3.75. The van der Waals surface area contributed by atoms with E-state index in [1.54, 1.807) is 0 Å². The minimum atomic E-state index is -0.0711. The molecule has 0 radical (unpaired) electrons. The Labute approximate surface area is 160 Å². The number of carbonyl (C=O) groups is 1. The number of benzene rings is 2. The second-order valence-electron chi connectivity index (χ2n) is 7.28. The Morgan fingerprint density at radius 1 is 0.926 bits per heavy atom. The van der Waals surface area contributed by atoms with Gasteiger partial charge in [0.1, 0.15) is 0 Å². The topological polar surface area (TPSA) is 35.9 Å². The Hall–Kier alpha value is -2.88. The van der Waals surface area contributed by atoms with E-state index in [2.05, 4.69) is 35.1 Å². The number of rotatable bonds is 3. The zero-order valence-electron chi connectivity index (χ0n) is 16.0. The first kappa shape index (κ1) is 17.5. The van der Waals surface area contributed by atoms with Crippen molar-refractivity contribution in [1.29, 1.82) is 0 Å². The Morgan fingerprint density at radius 2 is 1.67 bits per heavy atom. The van der Waals surface area contributed by atoms with Gasteiger partial charge in [0, 0.05) is 18.8 Å². The molecule has 4 heteroatoms. The van der Waals surface area contributed by atoms with E-state index < -0.39 is 0 Å². The smallest absolute Gasteiger partial charge is 0.280 e. The Morgan fingerprint density at radius 3 is 2.37 bits per heavy atom. The van der Waals surface area contributed by atoms with Crippen LogP contribution in [0.1, 0.15) is 37.3 Å². The molecular weight excluding hydrogens is 334 g/mol. The molecule has 2 aliphatic rings. The number of para-hydroxylation sites is 1. The standard InChI is InChI=1S/C23H25N3O/c1-17-15-21(25-13-7-4-8-14-25)12-11-19(17)16-22-18(2)24-26(23(22)27)20-9-5-3-6-10-20/h3,5-6,9-12,15-16H,4,7-8,13-14H2,1-2H3/b22-16+. The highest BCUT2D eigenvalue weighted by molar-refractivity contribution is 6.32. The molecule has 0 aliphatic carbocycles. The van der Waals surface area contributed by atoms with E-state index in [1.165, 1.54) is 35.5 Å². The number of anilines is 2. The summed E-state index contributed by atoms with van der Waals surface area (Å²) in [7, 11) is 0. The number of nitrogens with zero attached hydrogens (tertiary/aromatic N) is 3. The van der Waals surface area contributed by atoms with Crippen LogP contribution in [0, 0.1) is 6.92 Å². The van der Waals surface area contributed by atoms with E-state index in [0.29, 0.717) is 5.57 Å². The van der Waals surface area contributed by atoms with Crippen molar-refractivity contribution < 1.29 is 4.79 Å². The molecule has 1 saturated heterocycles. The Balaban J connectivity index is 1.60. The molecule has 0 unspecified atom stereocenters. The minimum absolute atomic E-state index is 0.0711. The molecule has 0 saturated carbocycles. The maximum absolute atomic E-state index is 12.9. The number of carbonyl (C=O) groups excluding carboxylic acids is 1. The molecule has 0 N–H and O–H groups in total. The molecule has 4 nitrogen and oxygen atoms in total. The number of hydrazone groups is 1. The lowest BCUT2D eigenvalue weighted by Gasteiger charge is -2.29.